The first kappa shape index (κ1) is 16.1. The van der Waals surface area contributed by atoms with Crippen LogP contribution in [0.1, 0.15) is 11.1 Å². The molecule has 0 fully saturated rings. The Kier molecular flexibility index (Phi) is 5.73. The molecule has 23 heavy (non-hydrogen) atoms. The van der Waals surface area contributed by atoms with E-state index in [1.54, 1.807) is 30.4 Å². The minimum absolute atomic E-state index is 0.323. The predicted octanol–water partition coefficient (Wildman–Crippen LogP) is 3.85. The molecule has 0 amide bonds. The zero-order chi connectivity index (χ0) is 16.5. The van der Waals surface area contributed by atoms with Crippen molar-refractivity contribution in [1.82, 2.24) is 0 Å². The molecule has 0 bridgehead atoms. The van der Waals surface area contributed by atoms with Gasteiger partial charge in [0.05, 0.1) is 13.2 Å². The van der Waals surface area contributed by atoms with Crippen molar-refractivity contribution in [2.45, 2.75) is 0 Å². The number of allylic oxidation sites excluding steroid dienone is 1. The third-order valence-electron chi connectivity index (χ3n) is 2.96. The molecule has 0 aromatic heterocycles. The van der Waals surface area contributed by atoms with Gasteiger partial charge in [0.25, 0.3) is 0 Å². The minimum Gasteiger partial charge on any atom is -0.493 e. The van der Waals surface area contributed by atoms with Gasteiger partial charge in [0.1, 0.15) is 0 Å². The number of nitriles is 1. The first-order valence-electron chi connectivity index (χ1n) is 6.92. The van der Waals surface area contributed by atoms with Crippen LogP contribution in [0.3, 0.4) is 0 Å². The Bertz CT molecular complexity index is 771. The van der Waals surface area contributed by atoms with E-state index in [-0.39, 0.29) is 0 Å². The Labute approximate surface area is 134 Å². The van der Waals surface area contributed by atoms with Crippen LogP contribution in [0.15, 0.2) is 60.7 Å². The highest BCUT2D eigenvalue weighted by Gasteiger charge is 2.08. The normalized spacial score (nSPS) is 10.6. The van der Waals surface area contributed by atoms with E-state index in [4.69, 9.17) is 14.7 Å². The highest BCUT2D eigenvalue weighted by atomic mass is 16.6. The van der Waals surface area contributed by atoms with Crippen molar-refractivity contribution in [1.29, 1.82) is 5.26 Å². The lowest BCUT2D eigenvalue weighted by Crippen LogP contribution is -2.05. The van der Waals surface area contributed by atoms with E-state index < -0.39 is 5.97 Å². The lowest BCUT2D eigenvalue weighted by molar-refractivity contribution is -0.129. The fourth-order valence-corrected chi connectivity index (χ4v) is 1.88. The van der Waals surface area contributed by atoms with Gasteiger partial charge in [0.15, 0.2) is 11.5 Å². The molecule has 0 aliphatic carbocycles. The topological polar surface area (TPSA) is 59.3 Å². The van der Waals surface area contributed by atoms with Crippen molar-refractivity contribution in [3.8, 4) is 17.6 Å². The van der Waals surface area contributed by atoms with E-state index in [0.717, 1.165) is 11.1 Å². The van der Waals surface area contributed by atoms with Gasteiger partial charge >= 0.3 is 5.97 Å². The van der Waals surface area contributed by atoms with Gasteiger partial charge in [-0.25, -0.2) is 4.79 Å². The summed E-state index contributed by atoms with van der Waals surface area (Å²) in [4.78, 5) is 11.9. The maximum Gasteiger partial charge on any atom is 0.336 e. The number of carbonyl (C=O) groups excluding carboxylic acids is 1. The molecule has 114 valence electrons. The van der Waals surface area contributed by atoms with Crippen molar-refractivity contribution in [3.05, 3.63) is 71.8 Å². The van der Waals surface area contributed by atoms with Gasteiger partial charge in [-0.05, 0) is 35.4 Å². The predicted molar refractivity (Wildman–Crippen MR) is 88.8 cm³/mol. The van der Waals surface area contributed by atoms with Crippen molar-refractivity contribution >= 4 is 18.1 Å². The number of ether oxygens (including phenoxy) is 2. The number of benzene rings is 2. The lowest BCUT2D eigenvalue weighted by Gasteiger charge is -2.08. The Hall–Kier alpha value is -3.32. The second-order valence-corrected chi connectivity index (χ2v) is 4.54. The number of nitrogens with zero attached hydrogens (tertiary/aromatic N) is 1. The largest absolute Gasteiger partial charge is 0.493 e. The maximum absolute atomic E-state index is 11.9. The summed E-state index contributed by atoms with van der Waals surface area (Å²) in [6.07, 6.45) is 6.05. The summed E-state index contributed by atoms with van der Waals surface area (Å²) in [7, 11) is 1.49. The summed E-state index contributed by atoms with van der Waals surface area (Å²) in [5.41, 5.74) is 1.69. The van der Waals surface area contributed by atoms with Crippen LogP contribution in [0.2, 0.25) is 0 Å². The number of carbonyl (C=O) groups is 1. The molecule has 2 rings (SSSR count). The molecule has 4 nitrogen and oxygen atoms in total. The molecule has 0 radical (unpaired) electrons. The third-order valence-corrected chi connectivity index (χ3v) is 2.96. The van der Waals surface area contributed by atoms with E-state index in [0.29, 0.717) is 11.5 Å². The smallest absolute Gasteiger partial charge is 0.336 e. The number of methoxy groups -OCH3 is 1. The fraction of sp³-hybridized carbons (Fsp3) is 0.0526. The Morgan fingerprint density at radius 3 is 2.52 bits per heavy atom. The highest BCUT2D eigenvalue weighted by molar-refractivity contribution is 5.89. The molecule has 0 aliphatic rings. The maximum atomic E-state index is 11.9. The van der Waals surface area contributed by atoms with Crippen LogP contribution in [0, 0.1) is 11.3 Å². The monoisotopic (exact) mass is 305 g/mol. The molecule has 0 spiro atoms. The van der Waals surface area contributed by atoms with Crippen LogP contribution in [-0.4, -0.2) is 13.1 Å². The highest BCUT2D eigenvalue weighted by Crippen LogP contribution is 2.28. The van der Waals surface area contributed by atoms with Crippen molar-refractivity contribution in [2.24, 2.45) is 0 Å². The van der Waals surface area contributed by atoms with Crippen LogP contribution >= 0.6 is 0 Å². The third kappa shape index (κ3) is 4.87. The molecule has 2 aromatic carbocycles. The first-order chi connectivity index (χ1) is 11.2. The number of esters is 1. The van der Waals surface area contributed by atoms with Gasteiger partial charge in [-0.2, -0.15) is 5.26 Å². The average molecular weight is 305 g/mol. The van der Waals surface area contributed by atoms with Crippen LogP contribution in [0.5, 0.6) is 11.5 Å². The van der Waals surface area contributed by atoms with Crippen molar-refractivity contribution in [3.63, 3.8) is 0 Å². The second-order valence-electron chi connectivity index (χ2n) is 4.54. The summed E-state index contributed by atoms with van der Waals surface area (Å²) < 4.78 is 10.5. The van der Waals surface area contributed by atoms with Gasteiger partial charge < -0.3 is 9.47 Å². The molecular formula is C19H15NO3. The van der Waals surface area contributed by atoms with Gasteiger partial charge in [0, 0.05) is 12.2 Å². The molecule has 0 saturated heterocycles. The van der Waals surface area contributed by atoms with Crippen LogP contribution < -0.4 is 9.47 Å². The zero-order valence-electron chi connectivity index (χ0n) is 12.6. The van der Waals surface area contributed by atoms with E-state index in [2.05, 4.69) is 0 Å². The quantitative estimate of drug-likeness (QED) is 0.364. The molecule has 0 atom stereocenters. The minimum atomic E-state index is -0.493. The molecule has 0 N–H and O–H groups in total. The summed E-state index contributed by atoms with van der Waals surface area (Å²) >= 11 is 0. The molecular weight excluding hydrogens is 290 g/mol. The van der Waals surface area contributed by atoms with E-state index in [1.165, 1.54) is 19.3 Å². The number of hydrogen-bond donors (Lipinski definition) is 0. The average Bonchev–Trinajstić information content (AvgIpc) is 2.60. The van der Waals surface area contributed by atoms with Gasteiger partial charge in [-0.15, -0.1) is 0 Å². The molecule has 0 heterocycles. The molecule has 2 aromatic rings. The van der Waals surface area contributed by atoms with Crippen LogP contribution in [-0.2, 0) is 4.79 Å². The first-order valence-corrected chi connectivity index (χ1v) is 6.92. The summed E-state index contributed by atoms with van der Waals surface area (Å²) in [6.45, 7) is 0. The van der Waals surface area contributed by atoms with Crippen molar-refractivity contribution < 1.29 is 14.3 Å². The van der Waals surface area contributed by atoms with Crippen LogP contribution in [0.25, 0.3) is 12.2 Å². The van der Waals surface area contributed by atoms with E-state index >= 15 is 0 Å². The summed E-state index contributed by atoms with van der Waals surface area (Å²) in [5.74, 6) is 0.253. The van der Waals surface area contributed by atoms with Gasteiger partial charge in [-0.3, -0.25) is 0 Å². The van der Waals surface area contributed by atoms with Crippen molar-refractivity contribution in [2.75, 3.05) is 7.11 Å². The van der Waals surface area contributed by atoms with Gasteiger partial charge in [0.2, 0.25) is 0 Å². The SMILES string of the molecule is COc1cc(/C=C\C#N)ccc1OC(=O)/C=C/c1ccccc1. The number of rotatable bonds is 5. The Morgan fingerprint density at radius 1 is 1.04 bits per heavy atom. The van der Waals surface area contributed by atoms with Crippen LogP contribution in [0.4, 0.5) is 0 Å². The Morgan fingerprint density at radius 2 is 1.83 bits per heavy atom. The number of hydrogen-bond acceptors (Lipinski definition) is 4. The molecule has 0 aliphatic heterocycles. The summed E-state index contributed by atoms with van der Waals surface area (Å²) in [5, 5.41) is 8.54. The van der Waals surface area contributed by atoms with Gasteiger partial charge in [-0.1, -0.05) is 36.4 Å². The lowest BCUT2D eigenvalue weighted by atomic mass is 10.2. The zero-order valence-corrected chi connectivity index (χ0v) is 12.6. The Balaban J connectivity index is 2.10. The molecule has 4 heteroatoms. The summed E-state index contributed by atoms with van der Waals surface area (Å²) in [6, 6.07) is 16.4. The second kappa shape index (κ2) is 8.20. The molecule has 0 unspecified atom stereocenters. The van der Waals surface area contributed by atoms with E-state index in [9.17, 15) is 4.79 Å². The van der Waals surface area contributed by atoms with E-state index in [1.807, 2.05) is 36.4 Å². The molecule has 0 saturated carbocycles. The fourth-order valence-electron chi connectivity index (χ4n) is 1.88. The standard InChI is InChI=1S/C19H15NO3/c1-22-18-14-16(8-5-13-20)9-11-17(18)23-19(21)12-10-15-6-3-2-4-7-15/h2-12,14H,1H3/b8-5-,12-10+.